The van der Waals surface area contributed by atoms with E-state index in [4.69, 9.17) is 0 Å². The van der Waals surface area contributed by atoms with Gasteiger partial charge in [-0.3, -0.25) is 4.79 Å². The number of carbonyl (C=O) groups excluding carboxylic acids is 1. The van der Waals surface area contributed by atoms with E-state index in [1.165, 1.54) is 10.4 Å². The Bertz CT molecular complexity index is 395. The van der Waals surface area contributed by atoms with Gasteiger partial charge in [0.1, 0.15) is 0 Å². The van der Waals surface area contributed by atoms with Crippen LogP contribution in [-0.2, 0) is 12.0 Å². The van der Waals surface area contributed by atoms with Gasteiger partial charge in [0.25, 0.3) is 5.91 Å². The highest BCUT2D eigenvalue weighted by molar-refractivity contribution is 7.14. The number of rotatable bonds is 1. The minimum absolute atomic E-state index is 0.0187. The van der Waals surface area contributed by atoms with Gasteiger partial charge >= 0.3 is 0 Å². The van der Waals surface area contributed by atoms with Crippen LogP contribution in [0.15, 0.2) is 6.07 Å². The van der Waals surface area contributed by atoms with Crippen LogP contribution in [0.25, 0.3) is 0 Å². The van der Waals surface area contributed by atoms with Crippen molar-refractivity contribution in [1.29, 1.82) is 0 Å². The maximum atomic E-state index is 11.5. The maximum absolute atomic E-state index is 11.5. The molecule has 1 aromatic rings. The van der Waals surface area contributed by atoms with Crippen molar-refractivity contribution in [2.24, 2.45) is 0 Å². The van der Waals surface area contributed by atoms with Crippen molar-refractivity contribution in [2.45, 2.75) is 25.8 Å². The number of thiophene rings is 1. The van der Waals surface area contributed by atoms with Crippen LogP contribution in [0.5, 0.6) is 0 Å². The number of hydrogen-bond acceptors (Lipinski definition) is 3. The summed E-state index contributed by atoms with van der Waals surface area (Å²) in [7, 11) is 1.67. The Hall–Kier alpha value is -0.870. The fourth-order valence-corrected chi connectivity index (χ4v) is 3.18. The van der Waals surface area contributed by atoms with E-state index in [-0.39, 0.29) is 11.3 Å². The van der Waals surface area contributed by atoms with Crippen molar-refractivity contribution >= 4 is 17.2 Å². The van der Waals surface area contributed by atoms with Gasteiger partial charge in [0.05, 0.1) is 4.88 Å². The zero-order chi connectivity index (χ0) is 11.1. The Kier molecular flexibility index (Phi) is 2.56. The highest BCUT2D eigenvalue weighted by atomic mass is 32.1. The lowest BCUT2D eigenvalue weighted by atomic mass is 9.86. The van der Waals surface area contributed by atoms with Crippen LogP contribution in [0.2, 0.25) is 0 Å². The summed E-state index contributed by atoms with van der Waals surface area (Å²) in [4.78, 5) is 13.7. The van der Waals surface area contributed by atoms with E-state index in [0.717, 1.165) is 18.0 Å². The van der Waals surface area contributed by atoms with Crippen molar-refractivity contribution < 1.29 is 4.79 Å². The number of hydrogen-bond donors (Lipinski definition) is 2. The SMILES string of the molecule is CNC(=O)c1cc2c(s1)C(C)(C)CNC2. The van der Waals surface area contributed by atoms with E-state index >= 15 is 0 Å². The van der Waals surface area contributed by atoms with Crippen LogP contribution < -0.4 is 10.6 Å². The summed E-state index contributed by atoms with van der Waals surface area (Å²) in [6.45, 7) is 6.28. The molecule has 0 aromatic carbocycles. The first kappa shape index (κ1) is 10.6. The number of nitrogens with one attached hydrogen (secondary N) is 2. The van der Waals surface area contributed by atoms with E-state index in [1.54, 1.807) is 18.4 Å². The van der Waals surface area contributed by atoms with Gasteiger partial charge in [-0.15, -0.1) is 11.3 Å². The average molecular weight is 224 g/mol. The minimum atomic E-state index is 0.0187. The van der Waals surface area contributed by atoms with Crippen molar-refractivity contribution in [3.8, 4) is 0 Å². The third-order valence-electron chi connectivity index (χ3n) is 2.76. The molecular weight excluding hydrogens is 208 g/mol. The molecule has 3 nitrogen and oxygen atoms in total. The van der Waals surface area contributed by atoms with Crippen molar-refractivity contribution in [3.63, 3.8) is 0 Å². The van der Waals surface area contributed by atoms with Crippen LogP contribution in [0.1, 0.15) is 34.0 Å². The molecule has 0 bridgehead atoms. The molecule has 0 fully saturated rings. The van der Waals surface area contributed by atoms with Crippen LogP contribution in [0.4, 0.5) is 0 Å². The summed E-state index contributed by atoms with van der Waals surface area (Å²) in [5.74, 6) is 0.0187. The van der Waals surface area contributed by atoms with Gasteiger partial charge in [-0.25, -0.2) is 0 Å². The van der Waals surface area contributed by atoms with E-state index < -0.39 is 0 Å². The van der Waals surface area contributed by atoms with E-state index in [9.17, 15) is 4.79 Å². The van der Waals surface area contributed by atoms with Crippen molar-refractivity contribution in [3.05, 3.63) is 21.4 Å². The normalized spacial score (nSPS) is 18.3. The lowest BCUT2D eigenvalue weighted by Crippen LogP contribution is -2.37. The molecule has 82 valence electrons. The van der Waals surface area contributed by atoms with E-state index in [2.05, 4.69) is 24.5 Å². The van der Waals surface area contributed by atoms with Crippen molar-refractivity contribution in [2.75, 3.05) is 13.6 Å². The second kappa shape index (κ2) is 3.61. The number of carbonyl (C=O) groups is 1. The molecule has 1 aromatic heterocycles. The summed E-state index contributed by atoms with van der Waals surface area (Å²) < 4.78 is 0. The molecule has 1 aliphatic heterocycles. The summed E-state index contributed by atoms with van der Waals surface area (Å²) in [5.41, 5.74) is 1.42. The second-order valence-corrected chi connectivity index (χ2v) is 5.58. The van der Waals surface area contributed by atoms with Gasteiger partial charge in [-0.05, 0) is 11.6 Å². The van der Waals surface area contributed by atoms with E-state index in [0.29, 0.717) is 0 Å². The molecular formula is C11H16N2OS. The predicted octanol–water partition coefficient (Wildman–Crippen LogP) is 1.49. The summed E-state index contributed by atoms with van der Waals surface area (Å²) >= 11 is 1.62. The summed E-state index contributed by atoms with van der Waals surface area (Å²) in [6.07, 6.45) is 0. The zero-order valence-electron chi connectivity index (χ0n) is 9.31. The zero-order valence-corrected chi connectivity index (χ0v) is 10.1. The Morgan fingerprint density at radius 1 is 1.60 bits per heavy atom. The number of amides is 1. The minimum Gasteiger partial charge on any atom is -0.354 e. The van der Waals surface area contributed by atoms with Gasteiger partial charge in [0, 0.05) is 30.4 Å². The Balaban J connectivity index is 2.42. The first-order valence-corrected chi connectivity index (χ1v) is 5.92. The highest BCUT2D eigenvalue weighted by Crippen LogP contribution is 2.36. The standard InChI is InChI=1S/C11H16N2OS/c1-11(2)6-13-5-7-4-8(10(14)12-3)15-9(7)11/h4,13H,5-6H2,1-3H3,(H,12,14). The first-order valence-electron chi connectivity index (χ1n) is 5.10. The van der Waals surface area contributed by atoms with Gasteiger partial charge in [0.2, 0.25) is 0 Å². The molecule has 1 amide bonds. The molecule has 0 aliphatic carbocycles. The molecule has 2 N–H and O–H groups in total. The number of fused-ring (bicyclic) bond motifs is 1. The van der Waals surface area contributed by atoms with Crippen LogP contribution in [0.3, 0.4) is 0 Å². The molecule has 2 heterocycles. The van der Waals surface area contributed by atoms with Gasteiger partial charge in [0.15, 0.2) is 0 Å². The van der Waals surface area contributed by atoms with Crippen LogP contribution in [0, 0.1) is 0 Å². The average Bonchev–Trinajstić information content (AvgIpc) is 2.61. The van der Waals surface area contributed by atoms with Gasteiger partial charge in [-0.1, -0.05) is 13.8 Å². The fraction of sp³-hybridized carbons (Fsp3) is 0.545. The molecule has 0 saturated heterocycles. The molecule has 2 rings (SSSR count). The van der Waals surface area contributed by atoms with Crippen LogP contribution in [-0.4, -0.2) is 19.5 Å². The third-order valence-corrected chi connectivity index (χ3v) is 4.30. The Morgan fingerprint density at radius 2 is 2.33 bits per heavy atom. The Labute approximate surface area is 93.9 Å². The van der Waals surface area contributed by atoms with Gasteiger partial charge < -0.3 is 10.6 Å². The second-order valence-electron chi connectivity index (χ2n) is 4.53. The third kappa shape index (κ3) is 1.79. The molecule has 0 unspecified atom stereocenters. The monoisotopic (exact) mass is 224 g/mol. The summed E-state index contributed by atoms with van der Waals surface area (Å²) in [5, 5.41) is 6.05. The lowest BCUT2D eigenvalue weighted by molar-refractivity contribution is 0.0967. The predicted molar refractivity (Wildman–Crippen MR) is 62.4 cm³/mol. The highest BCUT2D eigenvalue weighted by Gasteiger charge is 2.30. The van der Waals surface area contributed by atoms with Crippen molar-refractivity contribution in [1.82, 2.24) is 10.6 Å². The molecule has 0 radical (unpaired) electrons. The molecule has 0 saturated carbocycles. The maximum Gasteiger partial charge on any atom is 0.261 e. The largest absolute Gasteiger partial charge is 0.354 e. The smallest absolute Gasteiger partial charge is 0.261 e. The van der Waals surface area contributed by atoms with E-state index in [1.807, 2.05) is 6.07 Å². The molecule has 4 heteroatoms. The topological polar surface area (TPSA) is 41.1 Å². The van der Waals surface area contributed by atoms with Gasteiger partial charge in [-0.2, -0.15) is 0 Å². The Morgan fingerprint density at radius 3 is 2.93 bits per heavy atom. The molecule has 15 heavy (non-hydrogen) atoms. The first-order chi connectivity index (χ1) is 7.04. The summed E-state index contributed by atoms with van der Waals surface area (Å²) in [6, 6.07) is 2.01. The quantitative estimate of drug-likeness (QED) is 0.759. The molecule has 0 atom stereocenters. The lowest BCUT2D eigenvalue weighted by Gasteiger charge is -2.30. The molecule has 0 spiro atoms. The van der Waals surface area contributed by atoms with Crippen LogP contribution >= 0.6 is 11.3 Å². The fourth-order valence-electron chi connectivity index (χ4n) is 1.96. The molecule has 1 aliphatic rings.